The Bertz CT molecular complexity index is 1130. The number of aromatic nitrogens is 3. The van der Waals surface area contributed by atoms with E-state index in [1.54, 1.807) is 41.0 Å². The van der Waals surface area contributed by atoms with Crippen molar-refractivity contribution in [3.05, 3.63) is 64.9 Å². The lowest BCUT2D eigenvalue weighted by Gasteiger charge is -2.11. The van der Waals surface area contributed by atoms with E-state index in [0.29, 0.717) is 33.0 Å². The number of thioether (sulfide) groups is 1. The molecule has 0 unspecified atom stereocenters. The molecular formula is C22H22ClN5O3S. The molecule has 2 aromatic carbocycles. The molecule has 8 nitrogen and oxygen atoms in total. The van der Waals surface area contributed by atoms with Gasteiger partial charge in [-0.1, -0.05) is 47.6 Å². The maximum Gasteiger partial charge on any atom is 0.253 e. The lowest BCUT2D eigenvalue weighted by molar-refractivity contribution is -0.113. The van der Waals surface area contributed by atoms with Gasteiger partial charge in [-0.15, -0.1) is 10.2 Å². The highest BCUT2D eigenvalue weighted by Gasteiger charge is 2.25. The molecule has 1 aliphatic carbocycles. The fourth-order valence-corrected chi connectivity index (χ4v) is 3.82. The molecule has 32 heavy (non-hydrogen) atoms. The number of carbonyl (C=O) groups is 2. The van der Waals surface area contributed by atoms with Crippen LogP contribution < -0.4 is 15.4 Å². The van der Waals surface area contributed by atoms with Crippen molar-refractivity contribution in [1.82, 2.24) is 20.1 Å². The first-order valence-corrected chi connectivity index (χ1v) is 11.5. The van der Waals surface area contributed by atoms with E-state index in [1.165, 1.54) is 11.8 Å². The average molecular weight is 472 g/mol. The van der Waals surface area contributed by atoms with Crippen molar-refractivity contribution in [3.8, 4) is 5.75 Å². The van der Waals surface area contributed by atoms with Crippen molar-refractivity contribution in [2.45, 2.75) is 30.6 Å². The SMILES string of the molecule is Cn1c(COc2ccccc2Cl)nnc1SCC(=O)Nc1ccccc1C(=O)NC1CC1. The highest BCUT2D eigenvalue weighted by Crippen LogP contribution is 2.25. The van der Waals surface area contributed by atoms with Gasteiger partial charge in [-0.2, -0.15) is 0 Å². The maximum atomic E-state index is 12.5. The molecule has 1 aliphatic rings. The largest absolute Gasteiger partial charge is 0.484 e. The van der Waals surface area contributed by atoms with Gasteiger partial charge >= 0.3 is 0 Å². The van der Waals surface area contributed by atoms with Gasteiger partial charge < -0.3 is 19.9 Å². The minimum atomic E-state index is -0.237. The predicted octanol–water partition coefficient (Wildman–Crippen LogP) is 3.67. The summed E-state index contributed by atoms with van der Waals surface area (Å²) in [5.74, 6) is 0.881. The summed E-state index contributed by atoms with van der Waals surface area (Å²) in [6.45, 7) is 0.198. The summed E-state index contributed by atoms with van der Waals surface area (Å²) in [7, 11) is 1.81. The Morgan fingerprint density at radius 2 is 1.91 bits per heavy atom. The first-order chi connectivity index (χ1) is 15.5. The van der Waals surface area contributed by atoms with Crippen molar-refractivity contribution < 1.29 is 14.3 Å². The smallest absolute Gasteiger partial charge is 0.253 e. The monoisotopic (exact) mass is 471 g/mol. The third-order valence-electron chi connectivity index (χ3n) is 4.81. The lowest BCUT2D eigenvalue weighted by atomic mass is 10.1. The molecule has 0 aliphatic heterocycles. The molecule has 0 bridgehead atoms. The van der Waals surface area contributed by atoms with E-state index in [4.69, 9.17) is 16.3 Å². The van der Waals surface area contributed by atoms with E-state index in [9.17, 15) is 9.59 Å². The second-order valence-corrected chi connectivity index (χ2v) is 8.66. The van der Waals surface area contributed by atoms with Crippen molar-refractivity contribution in [2.75, 3.05) is 11.1 Å². The molecule has 1 heterocycles. The number of nitrogens with zero attached hydrogens (tertiary/aromatic N) is 3. The van der Waals surface area contributed by atoms with Gasteiger partial charge in [0.15, 0.2) is 11.0 Å². The van der Waals surface area contributed by atoms with Crippen LogP contribution in [0.5, 0.6) is 5.75 Å². The summed E-state index contributed by atoms with van der Waals surface area (Å²) in [6.07, 6.45) is 2.00. The molecule has 0 atom stereocenters. The molecular weight excluding hydrogens is 450 g/mol. The highest BCUT2D eigenvalue weighted by molar-refractivity contribution is 7.99. The summed E-state index contributed by atoms with van der Waals surface area (Å²) in [5.41, 5.74) is 0.943. The number of hydrogen-bond donors (Lipinski definition) is 2. The Balaban J connectivity index is 1.32. The summed E-state index contributed by atoms with van der Waals surface area (Å²) in [6, 6.07) is 14.4. The second-order valence-electron chi connectivity index (χ2n) is 7.31. The van der Waals surface area contributed by atoms with Crippen LogP contribution in [0.15, 0.2) is 53.7 Å². The molecule has 2 N–H and O–H groups in total. The van der Waals surface area contributed by atoms with Crippen molar-refractivity contribution in [1.29, 1.82) is 0 Å². The third kappa shape index (κ3) is 5.60. The van der Waals surface area contributed by atoms with Crippen LogP contribution in [-0.4, -0.2) is 38.4 Å². The molecule has 0 spiro atoms. The fraction of sp³-hybridized carbons (Fsp3) is 0.273. The van der Waals surface area contributed by atoms with Crippen LogP contribution in [0, 0.1) is 0 Å². The van der Waals surface area contributed by atoms with Crippen molar-refractivity contribution >= 4 is 40.9 Å². The summed E-state index contributed by atoms with van der Waals surface area (Å²) >= 11 is 7.35. The van der Waals surface area contributed by atoms with Gasteiger partial charge in [0, 0.05) is 13.1 Å². The van der Waals surface area contributed by atoms with Gasteiger partial charge in [0.05, 0.1) is 22.0 Å². The Labute approximate surface area is 194 Å². The normalized spacial score (nSPS) is 12.9. The maximum absolute atomic E-state index is 12.5. The van der Waals surface area contributed by atoms with Crippen LogP contribution in [0.2, 0.25) is 5.02 Å². The molecule has 10 heteroatoms. The van der Waals surface area contributed by atoms with Gasteiger partial charge in [0.1, 0.15) is 12.4 Å². The van der Waals surface area contributed by atoms with Gasteiger partial charge in [-0.3, -0.25) is 9.59 Å². The first kappa shape index (κ1) is 22.2. The highest BCUT2D eigenvalue weighted by atomic mass is 35.5. The lowest BCUT2D eigenvalue weighted by Crippen LogP contribution is -2.27. The quantitative estimate of drug-likeness (QED) is 0.462. The second kappa shape index (κ2) is 10.1. The summed E-state index contributed by atoms with van der Waals surface area (Å²) in [5, 5.41) is 15.1. The van der Waals surface area contributed by atoms with Gasteiger partial charge in [-0.25, -0.2) is 0 Å². The number of carbonyl (C=O) groups excluding carboxylic acids is 2. The molecule has 2 amide bonds. The van der Waals surface area contributed by atoms with Gasteiger partial charge in [-0.05, 0) is 37.1 Å². The van der Waals surface area contributed by atoms with E-state index < -0.39 is 0 Å². The Morgan fingerprint density at radius 3 is 2.69 bits per heavy atom. The van der Waals surface area contributed by atoms with Crippen LogP contribution in [-0.2, 0) is 18.4 Å². The number of anilines is 1. The zero-order valence-electron chi connectivity index (χ0n) is 17.4. The van der Waals surface area contributed by atoms with Crippen LogP contribution in [0.25, 0.3) is 0 Å². The predicted molar refractivity (Wildman–Crippen MR) is 123 cm³/mol. The van der Waals surface area contributed by atoms with Crippen LogP contribution in [0.1, 0.15) is 29.0 Å². The average Bonchev–Trinajstić information content (AvgIpc) is 3.53. The number of amides is 2. The molecule has 0 saturated heterocycles. The number of ether oxygens (including phenoxy) is 1. The van der Waals surface area contributed by atoms with Crippen LogP contribution in [0.4, 0.5) is 5.69 Å². The van der Waals surface area contributed by atoms with E-state index in [-0.39, 0.29) is 30.2 Å². The van der Waals surface area contributed by atoms with Crippen molar-refractivity contribution in [2.24, 2.45) is 7.05 Å². The number of rotatable bonds is 9. The van der Waals surface area contributed by atoms with E-state index in [0.717, 1.165) is 12.8 Å². The van der Waals surface area contributed by atoms with Crippen molar-refractivity contribution in [3.63, 3.8) is 0 Å². The van der Waals surface area contributed by atoms with E-state index in [1.807, 2.05) is 19.2 Å². The first-order valence-electron chi connectivity index (χ1n) is 10.1. The van der Waals surface area contributed by atoms with Crippen LogP contribution >= 0.6 is 23.4 Å². The molecule has 4 rings (SSSR count). The van der Waals surface area contributed by atoms with Crippen LogP contribution in [0.3, 0.4) is 0 Å². The zero-order valence-corrected chi connectivity index (χ0v) is 18.9. The number of para-hydroxylation sites is 2. The standard InChI is InChI=1S/C22H22ClN5O3S/c1-28-19(12-31-18-9-5-3-7-16(18)23)26-27-22(28)32-13-20(29)25-17-8-4-2-6-15(17)21(30)24-14-10-11-14/h2-9,14H,10-13H2,1H3,(H,24,30)(H,25,29). The Kier molecular flexibility index (Phi) is 6.96. The topological polar surface area (TPSA) is 98.1 Å². The minimum Gasteiger partial charge on any atom is -0.484 e. The molecule has 1 saturated carbocycles. The van der Waals surface area contributed by atoms with Gasteiger partial charge in [0.2, 0.25) is 5.91 Å². The molecule has 1 fully saturated rings. The molecule has 1 aromatic heterocycles. The third-order valence-corrected chi connectivity index (χ3v) is 6.14. The van der Waals surface area contributed by atoms with Gasteiger partial charge in [0.25, 0.3) is 5.91 Å². The fourth-order valence-electron chi connectivity index (χ4n) is 2.90. The number of nitrogens with one attached hydrogen (secondary N) is 2. The number of benzene rings is 2. The Morgan fingerprint density at radius 1 is 1.16 bits per heavy atom. The zero-order chi connectivity index (χ0) is 22.5. The Hall–Kier alpha value is -3.04. The number of halogens is 1. The van der Waals surface area contributed by atoms with E-state index in [2.05, 4.69) is 20.8 Å². The minimum absolute atomic E-state index is 0.121. The van der Waals surface area contributed by atoms with E-state index >= 15 is 0 Å². The summed E-state index contributed by atoms with van der Waals surface area (Å²) < 4.78 is 7.48. The number of hydrogen-bond acceptors (Lipinski definition) is 6. The summed E-state index contributed by atoms with van der Waals surface area (Å²) in [4.78, 5) is 24.9. The molecule has 0 radical (unpaired) electrons. The molecule has 166 valence electrons. The molecule has 3 aromatic rings.